The molecule has 4 aromatic rings. The standard InChI is InChI=1S/C27H22Cl3N3O3/c1-14-11-22(34)18(13-20(14)29)24-23-25(32-31-24)27(35)33(10-9-15-3-6-17(36-2)7-4-15)26(23)16-5-8-19(28)21(30)12-16/h3-8,11-13,26,34H,9-10H2,1-2H3,(H,31,32). The van der Waals surface area contributed by atoms with Crippen LogP contribution in [-0.2, 0) is 6.42 Å². The Morgan fingerprint density at radius 1 is 1.03 bits per heavy atom. The summed E-state index contributed by atoms with van der Waals surface area (Å²) < 4.78 is 5.24. The first-order valence-corrected chi connectivity index (χ1v) is 12.4. The molecule has 1 atom stereocenters. The minimum absolute atomic E-state index is 0.0308. The van der Waals surface area contributed by atoms with Crippen molar-refractivity contribution in [2.75, 3.05) is 13.7 Å². The first-order valence-electron chi connectivity index (χ1n) is 11.2. The maximum atomic E-state index is 13.6. The Balaban J connectivity index is 1.59. The van der Waals surface area contributed by atoms with Crippen LogP contribution < -0.4 is 4.74 Å². The maximum Gasteiger partial charge on any atom is 0.273 e. The summed E-state index contributed by atoms with van der Waals surface area (Å²) in [4.78, 5) is 15.4. The molecule has 2 N–H and O–H groups in total. The fourth-order valence-corrected chi connectivity index (χ4v) is 5.03. The third kappa shape index (κ3) is 4.30. The summed E-state index contributed by atoms with van der Waals surface area (Å²) in [6.45, 7) is 2.25. The maximum absolute atomic E-state index is 13.6. The number of phenolic OH excluding ortho intramolecular Hbond substituents is 1. The number of carbonyl (C=O) groups is 1. The van der Waals surface area contributed by atoms with Crippen molar-refractivity contribution in [2.24, 2.45) is 0 Å². The molecule has 1 aliphatic rings. The van der Waals surface area contributed by atoms with Gasteiger partial charge in [-0.3, -0.25) is 9.89 Å². The van der Waals surface area contributed by atoms with Crippen molar-refractivity contribution in [3.05, 3.63) is 97.6 Å². The molecule has 36 heavy (non-hydrogen) atoms. The summed E-state index contributed by atoms with van der Waals surface area (Å²) in [5, 5.41) is 19.3. The van der Waals surface area contributed by atoms with Crippen LogP contribution in [0.3, 0.4) is 0 Å². The zero-order chi connectivity index (χ0) is 25.6. The monoisotopic (exact) mass is 541 g/mol. The lowest BCUT2D eigenvalue weighted by molar-refractivity contribution is 0.0746. The van der Waals surface area contributed by atoms with E-state index >= 15 is 0 Å². The van der Waals surface area contributed by atoms with Crippen molar-refractivity contribution in [1.29, 1.82) is 0 Å². The van der Waals surface area contributed by atoms with Gasteiger partial charge in [0.1, 0.15) is 22.9 Å². The number of nitrogens with one attached hydrogen (secondary N) is 1. The number of benzene rings is 3. The zero-order valence-electron chi connectivity index (χ0n) is 19.5. The number of aromatic amines is 1. The minimum atomic E-state index is -0.492. The van der Waals surface area contributed by atoms with E-state index in [9.17, 15) is 9.90 Å². The quantitative estimate of drug-likeness (QED) is 0.279. The number of hydrogen-bond acceptors (Lipinski definition) is 4. The van der Waals surface area contributed by atoms with Gasteiger partial charge in [-0.2, -0.15) is 5.10 Å². The summed E-state index contributed by atoms with van der Waals surface area (Å²) >= 11 is 18.9. The lowest BCUT2D eigenvalue weighted by Gasteiger charge is -2.27. The molecule has 0 bridgehead atoms. The predicted octanol–water partition coefficient (Wildman–Crippen LogP) is 6.85. The molecule has 0 fully saturated rings. The van der Waals surface area contributed by atoms with E-state index in [2.05, 4.69) is 10.2 Å². The number of aromatic nitrogens is 2. The van der Waals surface area contributed by atoms with Gasteiger partial charge in [0.15, 0.2) is 0 Å². The molecule has 6 nitrogen and oxygen atoms in total. The highest BCUT2D eigenvalue weighted by Crippen LogP contribution is 2.46. The summed E-state index contributed by atoms with van der Waals surface area (Å²) in [5.41, 5.74) is 4.51. The van der Waals surface area contributed by atoms with Crippen molar-refractivity contribution in [2.45, 2.75) is 19.4 Å². The average molecular weight is 543 g/mol. The molecular weight excluding hydrogens is 521 g/mol. The highest BCUT2D eigenvalue weighted by atomic mass is 35.5. The summed E-state index contributed by atoms with van der Waals surface area (Å²) in [5.74, 6) is 0.612. The summed E-state index contributed by atoms with van der Waals surface area (Å²) in [6.07, 6.45) is 0.627. The van der Waals surface area contributed by atoms with Gasteiger partial charge in [0.2, 0.25) is 0 Å². The van der Waals surface area contributed by atoms with E-state index in [0.717, 1.165) is 22.4 Å². The Morgan fingerprint density at radius 3 is 2.47 bits per heavy atom. The number of nitrogens with zero attached hydrogens (tertiary/aromatic N) is 2. The van der Waals surface area contributed by atoms with Crippen LogP contribution in [0.4, 0.5) is 0 Å². The molecule has 1 aromatic heterocycles. The topological polar surface area (TPSA) is 78.5 Å². The van der Waals surface area contributed by atoms with Gasteiger partial charge < -0.3 is 14.7 Å². The van der Waals surface area contributed by atoms with Crippen molar-refractivity contribution in [3.63, 3.8) is 0 Å². The second-order valence-electron chi connectivity index (χ2n) is 8.65. The highest BCUT2D eigenvalue weighted by Gasteiger charge is 2.42. The van der Waals surface area contributed by atoms with E-state index in [-0.39, 0.29) is 11.7 Å². The van der Waals surface area contributed by atoms with Gasteiger partial charge in [-0.25, -0.2) is 0 Å². The van der Waals surface area contributed by atoms with Crippen LogP contribution in [-0.4, -0.2) is 39.8 Å². The molecule has 0 aliphatic carbocycles. The minimum Gasteiger partial charge on any atom is -0.507 e. The lowest BCUT2D eigenvalue weighted by atomic mass is 9.95. The average Bonchev–Trinajstić information content (AvgIpc) is 3.41. The highest BCUT2D eigenvalue weighted by molar-refractivity contribution is 6.42. The predicted molar refractivity (Wildman–Crippen MR) is 141 cm³/mol. The second-order valence-corrected chi connectivity index (χ2v) is 9.87. The Morgan fingerprint density at radius 2 is 1.78 bits per heavy atom. The fraction of sp³-hybridized carbons (Fsp3) is 0.185. The van der Waals surface area contributed by atoms with Gasteiger partial charge in [0.05, 0.1) is 23.2 Å². The molecule has 0 radical (unpaired) electrons. The van der Waals surface area contributed by atoms with E-state index in [1.165, 1.54) is 0 Å². The number of aromatic hydroxyl groups is 1. The van der Waals surface area contributed by atoms with Gasteiger partial charge >= 0.3 is 0 Å². The number of rotatable bonds is 6. The molecule has 2 heterocycles. The zero-order valence-corrected chi connectivity index (χ0v) is 21.7. The molecule has 184 valence electrons. The van der Waals surface area contributed by atoms with Crippen LogP contribution in [0.15, 0.2) is 54.6 Å². The molecule has 0 saturated heterocycles. The van der Waals surface area contributed by atoms with E-state index in [1.807, 2.05) is 37.3 Å². The molecule has 1 aliphatic heterocycles. The Kier molecular flexibility index (Phi) is 6.60. The number of methoxy groups -OCH3 is 1. The molecule has 0 spiro atoms. The molecule has 5 rings (SSSR count). The molecular formula is C27H22Cl3N3O3. The molecule has 1 amide bonds. The summed E-state index contributed by atoms with van der Waals surface area (Å²) in [7, 11) is 1.62. The van der Waals surface area contributed by atoms with E-state index in [1.54, 1.807) is 36.3 Å². The van der Waals surface area contributed by atoms with Crippen molar-refractivity contribution >= 4 is 40.7 Å². The van der Waals surface area contributed by atoms with Crippen molar-refractivity contribution < 1.29 is 14.6 Å². The number of fused-ring (bicyclic) bond motifs is 1. The number of H-pyrrole nitrogens is 1. The lowest BCUT2D eigenvalue weighted by Crippen LogP contribution is -2.31. The molecule has 1 unspecified atom stereocenters. The van der Waals surface area contributed by atoms with Crippen LogP contribution in [0.5, 0.6) is 11.5 Å². The Hall–Kier alpha value is -3.19. The third-order valence-corrected chi connectivity index (χ3v) is 7.60. The van der Waals surface area contributed by atoms with Crippen LogP contribution >= 0.6 is 34.8 Å². The largest absolute Gasteiger partial charge is 0.507 e. The summed E-state index contributed by atoms with van der Waals surface area (Å²) in [6, 6.07) is 15.8. The first-order chi connectivity index (χ1) is 17.3. The molecule has 3 aromatic carbocycles. The van der Waals surface area contributed by atoms with E-state index < -0.39 is 6.04 Å². The third-order valence-electron chi connectivity index (χ3n) is 6.46. The van der Waals surface area contributed by atoms with E-state index in [4.69, 9.17) is 39.5 Å². The SMILES string of the molecule is COc1ccc(CCN2C(=O)c3[nH]nc(-c4cc(Cl)c(C)cc4O)c3C2c2ccc(Cl)c(Cl)c2)cc1. The fourth-order valence-electron chi connectivity index (χ4n) is 4.56. The molecule has 0 saturated carbocycles. The van der Waals surface area contributed by atoms with Crippen molar-refractivity contribution in [3.8, 4) is 22.8 Å². The van der Waals surface area contributed by atoms with Gasteiger partial charge in [0.25, 0.3) is 5.91 Å². The van der Waals surface area contributed by atoms with Crippen LogP contribution in [0, 0.1) is 6.92 Å². The van der Waals surface area contributed by atoms with Gasteiger partial charge in [-0.1, -0.05) is 53.0 Å². The number of carbonyl (C=O) groups excluding carboxylic acids is 1. The number of aryl methyl sites for hydroxylation is 1. The Bertz CT molecular complexity index is 1470. The first kappa shape index (κ1) is 24.5. The smallest absolute Gasteiger partial charge is 0.273 e. The number of phenols is 1. The number of ether oxygens (including phenoxy) is 1. The van der Waals surface area contributed by atoms with Crippen LogP contribution in [0.2, 0.25) is 15.1 Å². The number of halogens is 3. The van der Waals surface area contributed by atoms with Crippen LogP contribution in [0.1, 0.15) is 38.8 Å². The van der Waals surface area contributed by atoms with Gasteiger partial charge in [0, 0.05) is 22.7 Å². The molecule has 9 heteroatoms. The second kappa shape index (κ2) is 9.69. The van der Waals surface area contributed by atoms with Crippen LogP contribution in [0.25, 0.3) is 11.3 Å². The number of amides is 1. The normalized spacial score (nSPS) is 14.9. The van der Waals surface area contributed by atoms with Gasteiger partial charge in [-0.05, 0) is 66.4 Å². The van der Waals surface area contributed by atoms with Gasteiger partial charge in [-0.15, -0.1) is 0 Å². The number of hydrogen-bond donors (Lipinski definition) is 2. The van der Waals surface area contributed by atoms with Crippen molar-refractivity contribution in [1.82, 2.24) is 15.1 Å². The van der Waals surface area contributed by atoms with E-state index in [0.29, 0.717) is 50.5 Å². The Labute approximate surface area is 223 Å².